The van der Waals surface area contributed by atoms with Crippen LogP contribution >= 0.6 is 11.8 Å². The number of nitrogens with two attached hydrogens (primary N) is 1. The summed E-state index contributed by atoms with van der Waals surface area (Å²) in [4.78, 5) is 41.2. The highest BCUT2D eigenvalue weighted by molar-refractivity contribution is 8.00. The highest BCUT2D eigenvalue weighted by atomic mass is 32.2. The smallest absolute Gasteiger partial charge is 0.407 e. The van der Waals surface area contributed by atoms with E-state index in [0.29, 0.717) is 32.0 Å². The number of thioether (sulfide) groups is 1. The van der Waals surface area contributed by atoms with Crippen LogP contribution in [0.5, 0.6) is 0 Å². The van der Waals surface area contributed by atoms with E-state index in [9.17, 15) is 14.4 Å². The fourth-order valence-electron chi connectivity index (χ4n) is 5.07. The van der Waals surface area contributed by atoms with Gasteiger partial charge in [-0.05, 0) is 76.9 Å². The van der Waals surface area contributed by atoms with E-state index in [1.165, 1.54) is 0 Å². The zero-order valence-corrected chi connectivity index (χ0v) is 24.1. The van der Waals surface area contributed by atoms with Crippen LogP contribution < -0.4 is 16.4 Å². The van der Waals surface area contributed by atoms with E-state index in [0.717, 1.165) is 63.5 Å². The summed E-state index contributed by atoms with van der Waals surface area (Å²) in [6.07, 6.45) is 8.20. The minimum atomic E-state index is -0.793. The molecule has 1 saturated carbocycles. The third-order valence-corrected chi connectivity index (χ3v) is 9.07. The lowest BCUT2D eigenvalue weighted by atomic mass is 9.81. The van der Waals surface area contributed by atoms with E-state index < -0.39 is 22.9 Å². The number of likely N-dealkylation sites (tertiary alicyclic amines) is 1. The summed E-state index contributed by atoms with van der Waals surface area (Å²) in [5, 5.41) is 13.6. The number of hydrogen-bond acceptors (Lipinski definition) is 6. The second-order valence-corrected chi connectivity index (χ2v) is 12.7. The lowest BCUT2D eigenvalue weighted by molar-refractivity contribution is -0.140. The Bertz CT molecular complexity index is 770. The summed E-state index contributed by atoms with van der Waals surface area (Å²) in [6, 6.07) is -1.32. The van der Waals surface area contributed by atoms with Gasteiger partial charge in [-0.2, -0.15) is 11.8 Å². The molecule has 0 aromatic rings. The van der Waals surface area contributed by atoms with Gasteiger partial charge in [0.2, 0.25) is 11.8 Å². The van der Waals surface area contributed by atoms with Crippen molar-refractivity contribution in [3.63, 3.8) is 0 Å². The molecular weight excluding hydrogens is 490 g/mol. The summed E-state index contributed by atoms with van der Waals surface area (Å²) < 4.78 is 4.76. The van der Waals surface area contributed by atoms with Crippen LogP contribution in [0.1, 0.15) is 91.9 Å². The maximum absolute atomic E-state index is 13.8. The Labute approximate surface area is 227 Å². The van der Waals surface area contributed by atoms with Gasteiger partial charge in [0, 0.05) is 23.8 Å². The fourth-order valence-corrected chi connectivity index (χ4v) is 6.36. The molecule has 0 spiro atoms. The van der Waals surface area contributed by atoms with Crippen LogP contribution in [0.25, 0.3) is 0 Å². The molecule has 2 aliphatic rings. The van der Waals surface area contributed by atoms with Crippen LogP contribution in [0.3, 0.4) is 0 Å². The van der Waals surface area contributed by atoms with Crippen molar-refractivity contribution < 1.29 is 19.1 Å². The van der Waals surface area contributed by atoms with Gasteiger partial charge in [-0.25, -0.2) is 4.79 Å². The highest BCUT2D eigenvalue weighted by Gasteiger charge is 2.44. The summed E-state index contributed by atoms with van der Waals surface area (Å²) in [7, 11) is 0. The summed E-state index contributed by atoms with van der Waals surface area (Å²) >= 11 is 1.67. The van der Waals surface area contributed by atoms with Crippen molar-refractivity contribution in [2.75, 3.05) is 25.4 Å². The molecule has 0 radical (unpaired) electrons. The van der Waals surface area contributed by atoms with E-state index >= 15 is 0 Å². The van der Waals surface area contributed by atoms with E-state index in [4.69, 9.17) is 15.9 Å². The van der Waals surface area contributed by atoms with Gasteiger partial charge in [-0.15, -0.1) is 0 Å². The Morgan fingerprint density at radius 3 is 2.41 bits per heavy atom. The van der Waals surface area contributed by atoms with Gasteiger partial charge in [0.25, 0.3) is 0 Å². The first kappa shape index (κ1) is 31.2. The monoisotopic (exact) mass is 539 g/mol. The topological polar surface area (TPSA) is 138 Å². The Morgan fingerprint density at radius 2 is 1.78 bits per heavy atom. The fraction of sp³-hybridized carbons (Fsp3) is 0.852. The first-order chi connectivity index (χ1) is 17.6. The number of nitrogens with zero attached hydrogens (tertiary/aromatic N) is 1. The van der Waals surface area contributed by atoms with Crippen LogP contribution in [0.15, 0.2) is 0 Å². The zero-order chi connectivity index (χ0) is 27.4. The van der Waals surface area contributed by atoms with Crippen LogP contribution in [0, 0.1) is 17.2 Å². The van der Waals surface area contributed by atoms with Crippen molar-refractivity contribution in [2.24, 2.45) is 17.6 Å². The highest BCUT2D eigenvalue weighted by Crippen LogP contribution is 2.32. The van der Waals surface area contributed by atoms with E-state index in [2.05, 4.69) is 17.6 Å². The first-order valence-corrected chi connectivity index (χ1v) is 15.1. The summed E-state index contributed by atoms with van der Waals surface area (Å²) in [5.74, 6) is 1.32. The molecule has 1 aliphatic carbocycles. The number of nitrogens with one attached hydrogen (secondary N) is 3. The number of rotatable bonds is 14. The standard InChI is InChI=1S/C27H49N5O4S/c1-5-7-16-36-26(35)31-22(27(3,4)37-17-8-6-2)25(34)32-15-9-10-21(32)24(33)30-18-19-11-13-20(14-12-19)23(28)29/h19-22H,5-18H2,1-4H3,(H3,28,29)(H,30,33)(H,31,35)/t19-,20-,21-,22-/m0/s1. The lowest BCUT2D eigenvalue weighted by Crippen LogP contribution is -2.60. The maximum atomic E-state index is 13.8. The number of amides is 3. The van der Waals surface area contributed by atoms with Crippen LogP contribution in [-0.2, 0) is 14.3 Å². The lowest BCUT2D eigenvalue weighted by Gasteiger charge is -2.37. The predicted octanol–water partition coefficient (Wildman–Crippen LogP) is 4.04. The van der Waals surface area contributed by atoms with Crippen molar-refractivity contribution in [3.8, 4) is 0 Å². The number of alkyl carbamates (subject to hydrolysis) is 1. The van der Waals surface area contributed by atoms with E-state index in [1.807, 2.05) is 20.8 Å². The average molecular weight is 540 g/mol. The first-order valence-electron chi connectivity index (χ1n) is 14.1. The zero-order valence-electron chi connectivity index (χ0n) is 23.3. The predicted molar refractivity (Wildman–Crippen MR) is 150 cm³/mol. The Balaban J connectivity index is 2.03. The molecule has 2 rings (SSSR count). The molecule has 0 aromatic carbocycles. The Morgan fingerprint density at radius 1 is 1.11 bits per heavy atom. The van der Waals surface area contributed by atoms with Crippen LogP contribution in [-0.4, -0.2) is 70.9 Å². The van der Waals surface area contributed by atoms with Crippen molar-refractivity contribution in [1.82, 2.24) is 15.5 Å². The van der Waals surface area contributed by atoms with Crippen molar-refractivity contribution in [1.29, 1.82) is 5.41 Å². The van der Waals surface area contributed by atoms with Gasteiger partial charge in [0.05, 0.1) is 12.4 Å². The van der Waals surface area contributed by atoms with Gasteiger partial charge in [0.1, 0.15) is 12.1 Å². The second-order valence-electron chi connectivity index (χ2n) is 11.0. The maximum Gasteiger partial charge on any atom is 0.407 e. The number of hydrogen-bond donors (Lipinski definition) is 4. The molecule has 3 amide bonds. The second kappa shape index (κ2) is 15.4. The molecule has 2 atom stereocenters. The molecular formula is C27H49N5O4S. The Hall–Kier alpha value is -1.97. The normalized spacial score (nSPS) is 22.8. The van der Waals surface area contributed by atoms with Gasteiger partial charge in [0.15, 0.2) is 0 Å². The molecule has 10 heteroatoms. The third kappa shape index (κ3) is 9.69. The molecule has 1 heterocycles. The molecule has 37 heavy (non-hydrogen) atoms. The molecule has 5 N–H and O–H groups in total. The van der Waals surface area contributed by atoms with Gasteiger partial charge in [-0.1, -0.05) is 26.7 Å². The number of amidine groups is 1. The Kier molecular flexibility index (Phi) is 13.0. The summed E-state index contributed by atoms with van der Waals surface area (Å²) in [5.41, 5.74) is 5.65. The SMILES string of the molecule is CCCCOC(=O)N[C@@H](C(=O)N1CCC[C@H]1C(=O)NC[C@H]1CC[C@H](C(=N)N)CC1)C(C)(C)SCCCC. The molecule has 0 unspecified atom stereocenters. The van der Waals surface area contributed by atoms with Gasteiger partial charge < -0.3 is 26.0 Å². The average Bonchev–Trinajstić information content (AvgIpc) is 3.36. The molecule has 212 valence electrons. The minimum Gasteiger partial charge on any atom is -0.450 e. The molecule has 9 nitrogen and oxygen atoms in total. The number of unbranched alkanes of at least 4 members (excludes halogenated alkanes) is 2. The molecule has 1 aliphatic heterocycles. The van der Waals surface area contributed by atoms with Gasteiger partial charge in [-0.3, -0.25) is 15.0 Å². The van der Waals surface area contributed by atoms with E-state index in [-0.39, 0.29) is 23.6 Å². The van der Waals surface area contributed by atoms with Crippen LogP contribution in [0.4, 0.5) is 4.79 Å². The number of carbonyl (C=O) groups is 3. The van der Waals surface area contributed by atoms with Crippen molar-refractivity contribution in [2.45, 2.75) is 109 Å². The quantitative estimate of drug-likeness (QED) is 0.149. The number of ether oxygens (including phenoxy) is 1. The molecule has 1 saturated heterocycles. The van der Waals surface area contributed by atoms with Crippen molar-refractivity contribution >= 4 is 35.5 Å². The number of carbonyl (C=O) groups excluding carboxylic acids is 3. The molecule has 0 aromatic heterocycles. The third-order valence-electron chi connectivity index (χ3n) is 7.60. The van der Waals surface area contributed by atoms with E-state index in [1.54, 1.807) is 16.7 Å². The molecule has 0 bridgehead atoms. The van der Waals surface area contributed by atoms with Crippen molar-refractivity contribution in [3.05, 3.63) is 0 Å². The van der Waals surface area contributed by atoms with Gasteiger partial charge >= 0.3 is 6.09 Å². The molecule has 2 fully saturated rings. The van der Waals surface area contributed by atoms with Crippen LogP contribution in [0.2, 0.25) is 0 Å². The largest absolute Gasteiger partial charge is 0.450 e. The minimum absolute atomic E-state index is 0.125. The summed E-state index contributed by atoms with van der Waals surface area (Å²) in [6.45, 7) is 9.50.